The van der Waals surface area contributed by atoms with E-state index in [0.29, 0.717) is 11.5 Å². The van der Waals surface area contributed by atoms with Crippen LogP contribution in [0.4, 0.5) is 5.69 Å². The predicted octanol–water partition coefficient (Wildman–Crippen LogP) is 7.02. The van der Waals surface area contributed by atoms with Crippen molar-refractivity contribution < 1.29 is 0 Å². The Morgan fingerprint density at radius 1 is 1.09 bits per heavy atom. The highest BCUT2D eigenvalue weighted by atomic mass is 32.1. The van der Waals surface area contributed by atoms with Crippen LogP contribution in [0.2, 0.25) is 0 Å². The van der Waals surface area contributed by atoms with Gasteiger partial charge in [0.1, 0.15) is 5.69 Å². The lowest BCUT2D eigenvalue weighted by atomic mass is 10.0. The largest absolute Gasteiger partial charge is 0.358 e. The molecule has 6 aromatic rings. The summed E-state index contributed by atoms with van der Waals surface area (Å²) in [6, 6.07) is 12.4. The standard InChI is InChI=1S/C27H23N7S/c1-3-4-16(2)30-20-11-19(13-28-14-20)17-5-6-23-22(12-17)25(34-33-23)27-31-24-21(18-8-10-35-15-18)7-9-29-26(24)32-27/h5-15,30H,2-4H2,1H3,(H,33,34)(H,29,31,32). The highest BCUT2D eigenvalue weighted by Gasteiger charge is 2.16. The van der Waals surface area contributed by atoms with Gasteiger partial charge in [-0.2, -0.15) is 16.4 Å². The van der Waals surface area contributed by atoms with Crippen LogP contribution in [0.3, 0.4) is 0 Å². The topological polar surface area (TPSA) is 95.2 Å². The van der Waals surface area contributed by atoms with E-state index >= 15 is 0 Å². The third-order valence-electron chi connectivity index (χ3n) is 5.96. The molecule has 0 aliphatic heterocycles. The van der Waals surface area contributed by atoms with Crippen molar-refractivity contribution in [3.63, 3.8) is 0 Å². The summed E-state index contributed by atoms with van der Waals surface area (Å²) in [5.74, 6) is 0.683. The number of anilines is 1. The monoisotopic (exact) mass is 477 g/mol. The van der Waals surface area contributed by atoms with Crippen molar-refractivity contribution in [2.45, 2.75) is 19.8 Å². The van der Waals surface area contributed by atoms with Gasteiger partial charge >= 0.3 is 0 Å². The summed E-state index contributed by atoms with van der Waals surface area (Å²) in [4.78, 5) is 17.1. The molecule has 5 heterocycles. The van der Waals surface area contributed by atoms with E-state index in [1.807, 2.05) is 24.5 Å². The second-order valence-corrected chi connectivity index (χ2v) is 9.21. The highest BCUT2D eigenvalue weighted by Crippen LogP contribution is 2.33. The fourth-order valence-electron chi connectivity index (χ4n) is 4.29. The number of benzene rings is 1. The van der Waals surface area contributed by atoms with Gasteiger partial charge < -0.3 is 10.3 Å². The third kappa shape index (κ3) is 3.98. The Kier molecular flexibility index (Phi) is 5.35. The van der Waals surface area contributed by atoms with Gasteiger partial charge in [-0.05, 0) is 58.6 Å². The number of rotatable bonds is 7. The van der Waals surface area contributed by atoms with Gasteiger partial charge in [-0.1, -0.05) is 26.0 Å². The summed E-state index contributed by atoms with van der Waals surface area (Å²) in [5, 5.41) is 16.2. The van der Waals surface area contributed by atoms with Gasteiger partial charge in [-0.15, -0.1) is 0 Å². The van der Waals surface area contributed by atoms with Crippen molar-refractivity contribution in [2.75, 3.05) is 5.32 Å². The number of aromatic amines is 2. The van der Waals surface area contributed by atoms with Crippen LogP contribution < -0.4 is 5.32 Å². The molecule has 8 heteroatoms. The van der Waals surface area contributed by atoms with Crippen LogP contribution in [0.5, 0.6) is 0 Å². The maximum Gasteiger partial charge on any atom is 0.178 e. The Balaban J connectivity index is 1.40. The lowest BCUT2D eigenvalue weighted by molar-refractivity contribution is 0.913. The molecule has 7 nitrogen and oxygen atoms in total. The number of thiophene rings is 1. The number of pyridine rings is 2. The number of hydrogen-bond acceptors (Lipinski definition) is 6. The number of hydrogen-bond donors (Lipinski definition) is 3. The average Bonchev–Trinajstić information content (AvgIpc) is 3.63. The maximum absolute atomic E-state index is 4.76. The zero-order chi connectivity index (χ0) is 23.8. The van der Waals surface area contributed by atoms with Crippen molar-refractivity contribution in [3.8, 4) is 33.8 Å². The molecule has 0 saturated carbocycles. The lowest BCUT2D eigenvalue weighted by Gasteiger charge is -2.10. The molecule has 0 fully saturated rings. The second kappa shape index (κ2) is 8.81. The lowest BCUT2D eigenvalue weighted by Crippen LogP contribution is -1.98. The summed E-state index contributed by atoms with van der Waals surface area (Å²) in [6.45, 7) is 6.23. The highest BCUT2D eigenvalue weighted by molar-refractivity contribution is 7.08. The SMILES string of the molecule is C=C(CCC)Nc1cncc(-c2ccc3[nH]nc(-c4nc5nccc(-c6ccsc6)c5[nH]4)c3c2)c1. The molecule has 35 heavy (non-hydrogen) atoms. The molecule has 172 valence electrons. The molecule has 3 N–H and O–H groups in total. The van der Waals surface area contributed by atoms with Crippen LogP contribution in [0.1, 0.15) is 19.8 Å². The smallest absolute Gasteiger partial charge is 0.178 e. The second-order valence-electron chi connectivity index (χ2n) is 8.43. The minimum Gasteiger partial charge on any atom is -0.358 e. The summed E-state index contributed by atoms with van der Waals surface area (Å²) in [6.07, 6.45) is 7.45. The zero-order valence-electron chi connectivity index (χ0n) is 19.2. The van der Waals surface area contributed by atoms with Crippen LogP contribution in [-0.4, -0.2) is 30.1 Å². The molecule has 0 bridgehead atoms. The summed E-state index contributed by atoms with van der Waals surface area (Å²) in [5.41, 5.74) is 9.48. The van der Waals surface area contributed by atoms with Crippen LogP contribution in [0, 0.1) is 0 Å². The number of aromatic nitrogens is 6. The first-order chi connectivity index (χ1) is 17.2. The van der Waals surface area contributed by atoms with Crippen LogP contribution in [0.15, 0.2) is 78.0 Å². The van der Waals surface area contributed by atoms with E-state index in [2.05, 4.69) is 79.0 Å². The Hall–Kier alpha value is -4.30. The number of imidazole rings is 1. The Bertz CT molecular complexity index is 1660. The Morgan fingerprint density at radius 2 is 2.03 bits per heavy atom. The van der Waals surface area contributed by atoms with E-state index < -0.39 is 0 Å². The minimum absolute atomic E-state index is 0.672. The molecule has 6 rings (SSSR count). The van der Waals surface area contributed by atoms with E-state index in [1.165, 1.54) is 0 Å². The molecule has 0 radical (unpaired) electrons. The molecule has 5 aromatic heterocycles. The molecule has 1 aromatic carbocycles. The van der Waals surface area contributed by atoms with Crippen LogP contribution in [-0.2, 0) is 0 Å². The minimum atomic E-state index is 0.672. The van der Waals surface area contributed by atoms with Crippen molar-refractivity contribution in [2.24, 2.45) is 0 Å². The molecule has 0 aliphatic carbocycles. The van der Waals surface area contributed by atoms with E-state index in [9.17, 15) is 0 Å². The maximum atomic E-state index is 4.76. The molecular formula is C27H23N7S. The number of allylic oxidation sites excluding steroid dienone is 1. The van der Waals surface area contributed by atoms with E-state index in [0.717, 1.165) is 68.6 Å². The van der Waals surface area contributed by atoms with Gasteiger partial charge in [0.05, 0.1) is 22.9 Å². The Labute approximate surface area is 206 Å². The van der Waals surface area contributed by atoms with Crippen molar-refractivity contribution in [1.29, 1.82) is 0 Å². The number of H-pyrrole nitrogens is 2. The van der Waals surface area contributed by atoms with Gasteiger partial charge in [0.25, 0.3) is 0 Å². The van der Waals surface area contributed by atoms with Gasteiger partial charge in [0.2, 0.25) is 0 Å². The van der Waals surface area contributed by atoms with Gasteiger partial charge in [-0.3, -0.25) is 10.1 Å². The summed E-state index contributed by atoms with van der Waals surface area (Å²) in [7, 11) is 0. The first-order valence-corrected chi connectivity index (χ1v) is 12.4. The number of nitrogens with one attached hydrogen (secondary N) is 3. The number of fused-ring (bicyclic) bond motifs is 2. The van der Waals surface area contributed by atoms with E-state index in [-0.39, 0.29) is 0 Å². The first-order valence-electron chi connectivity index (χ1n) is 11.5. The first kappa shape index (κ1) is 21.2. The van der Waals surface area contributed by atoms with E-state index in [1.54, 1.807) is 17.5 Å². The molecule has 0 spiro atoms. The van der Waals surface area contributed by atoms with E-state index in [4.69, 9.17) is 4.98 Å². The zero-order valence-corrected chi connectivity index (χ0v) is 20.0. The van der Waals surface area contributed by atoms with Crippen LogP contribution in [0.25, 0.3) is 55.8 Å². The third-order valence-corrected chi connectivity index (χ3v) is 6.64. The average molecular weight is 478 g/mol. The van der Waals surface area contributed by atoms with Gasteiger partial charge in [-0.25, -0.2) is 9.97 Å². The van der Waals surface area contributed by atoms with Crippen molar-refractivity contribution >= 4 is 39.1 Å². The van der Waals surface area contributed by atoms with Crippen molar-refractivity contribution in [3.05, 3.63) is 78.0 Å². The molecule has 0 saturated heterocycles. The molecule has 0 atom stereocenters. The normalized spacial score (nSPS) is 11.3. The summed E-state index contributed by atoms with van der Waals surface area (Å²) >= 11 is 1.67. The predicted molar refractivity (Wildman–Crippen MR) is 143 cm³/mol. The van der Waals surface area contributed by atoms with Gasteiger partial charge in [0.15, 0.2) is 11.5 Å². The Morgan fingerprint density at radius 3 is 2.89 bits per heavy atom. The molecule has 0 unspecified atom stereocenters. The molecule has 0 aliphatic rings. The molecule has 0 amide bonds. The van der Waals surface area contributed by atoms with Crippen LogP contribution >= 0.6 is 11.3 Å². The van der Waals surface area contributed by atoms with Crippen molar-refractivity contribution in [1.82, 2.24) is 30.1 Å². The van der Waals surface area contributed by atoms with Gasteiger partial charge in [0, 0.05) is 34.6 Å². The molecular weight excluding hydrogens is 454 g/mol. The summed E-state index contributed by atoms with van der Waals surface area (Å²) < 4.78 is 0. The fraction of sp³-hybridized carbons (Fsp3) is 0.111. The quantitative estimate of drug-likeness (QED) is 0.230. The fourth-order valence-corrected chi connectivity index (χ4v) is 4.95. The number of nitrogens with zero attached hydrogens (tertiary/aromatic N) is 4.